The number of hydrogen-bond donors (Lipinski definition) is 0. The van der Waals surface area contributed by atoms with Crippen LogP contribution in [0.1, 0.15) is 41.3 Å². The molecular weight excluding hydrogens is 448 g/mol. The highest BCUT2D eigenvalue weighted by molar-refractivity contribution is 9.11. The molecule has 0 spiro atoms. The summed E-state index contributed by atoms with van der Waals surface area (Å²) < 4.78 is 6.94. The van der Waals surface area contributed by atoms with Gasteiger partial charge in [0.2, 0.25) is 0 Å². The second-order valence-corrected chi connectivity index (χ2v) is 8.01. The van der Waals surface area contributed by atoms with Crippen LogP contribution in [0, 0.1) is 0 Å². The van der Waals surface area contributed by atoms with Gasteiger partial charge in [-0.05, 0) is 45.6 Å². The van der Waals surface area contributed by atoms with Crippen molar-refractivity contribution in [2.24, 2.45) is 0 Å². The molecule has 1 aromatic heterocycles. The minimum absolute atomic E-state index is 0.0173. The second kappa shape index (κ2) is 7.26. The van der Waals surface area contributed by atoms with E-state index in [2.05, 4.69) is 45.7 Å². The molecule has 0 amide bonds. The third kappa shape index (κ3) is 3.93. The standard InChI is InChI=1S/C20H16Br2O3/c1-11(2)12-3-5-13(6-4-12)18(23)9-15-7-14-8-16(21)10-17(22)19(14)25-20(15)24/h3-8,10-11H,9H2,1-2H3. The highest BCUT2D eigenvalue weighted by Crippen LogP contribution is 2.28. The third-order valence-corrected chi connectivity index (χ3v) is 5.12. The van der Waals surface area contributed by atoms with Crippen molar-refractivity contribution in [1.82, 2.24) is 0 Å². The van der Waals surface area contributed by atoms with E-state index in [1.54, 1.807) is 6.07 Å². The fourth-order valence-corrected chi connectivity index (χ4v) is 3.99. The molecular formula is C20H16Br2O3. The summed E-state index contributed by atoms with van der Waals surface area (Å²) in [5.74, 6) is 0.310. The van der Waals surface area contributed by atoms with Crippen LogP contribution in [0.4, 0.5) is 0 Å². The van der Waals surface area contributed by atoms with E-state index in [-0.39, 0.29) is 12.2 Å². The van der Waals surface area contributed by atoms with Gasteiger partial charge in [0.15, 0.2) is 11.4 Å². The molecule has 0 aliphatic rings. The van der Waals surface area contributed by atoms with Gasteiger partial charge in [0.1, 0.15) is 0 Å². The lowest BCUT2D eigenvalue weighted by Gasteiger charge is -2.07. The van der Waals surface area contributed by atoms with Crippen molar-refractivity contribution in [3.8, 4) is 0 Å². The summed E-state index contributed by atoms with van der Waals surface area (Å²) in [5, 5.41) is 0.763. The first-order chi connectivity index (χ1) is 11.8. The Morgan fingerprint density at radius 2 is 1.76 bits per heavy atom. The molecule has 0 radical (unpaired) electrons. The molecule has 128 valence electrons. The molecule has 2 aromatic carbocycles. The Balaban J connectivity index is 1.93. The van der Waals surface area contributed by atoms with Gasteiger partial charge in [0, 0.05) is 27.4 Å². The molecule has 25 heavy (non-hydrogen) atoms. The lowest BCUT2D eigenvalue weighted by Crippen LogP contribution is -2.13. The quantitative estimate of drug-likeness (QED) is 0.359. The third-order valence-electron chi connectivity index (χ3n) is 4.07. The minimum atomic E-state index is -0.484. The molecule has 0 saturated carbocycles. The van der Waals surface area contributed by atoms with Crippen LogP contribution >= 0.6 is 31.9 Å². The Morgan fingerprint density at radius 1 is 1.08 bits per heavy atom. The van der Waals surface area contributed by atoms with E-state index in [4.69, 9.17) is 4.42 Å². The van der Waals surface area contributed by atoms with Crippen LogP contribution in [-0.4, -0.2) is 5.78 Å². The SMILES string of the molecule is CC(C)c1ccc(C(=O)Cc2cc3cc(Br)cc(Br)c3oc2=O)cc1. The van der Waals surface area contributed by atoms with Crippen LogP contribution in [0.5, 0.6) is 0 Å². The van der Waals surface area contributed by atoms with Gasteiger partial charge in [-0.15, -0.1) is 0 Å². The summed E-state index contributed by atoms with van der Waals surface area (Å²) in [5.41, 5.74) is 2.12. The zero-order valence-corrected chi connectivity index (χ0v) is 17.0. The molecule has 0 unspecified atom stereocenters. The number of rotatable bonds is 4. The number of Topliss-reactive ketones (excluding diaryl/α,β-unsaturated/α-hetero) is 1. The van der Waals surface area contributed by atoms with Crippen molar-refractivity contribution >= 4 is 48.6 Å². The summed E-state index contributed by atoms with van der Waals surface area (Å²) in [6.07, 6.45) is 0.0173. The Bertz CT molecular complexity index is 1000. The topological polar surface area (TPSA) is 47.3 Å². The predicted octanol–water partition coefficient (Wildman–Crippen LogP) is 5.87. The average molecular weight is 464 g/mol. The predicted molar refractivity (Wildman–Crippen MR) is 106 cm³/mol. The van der Waals surface area contributed by atoms with Gasteiger partial charge in [-0.25, -0.2) is 4.79 Å². The second-order valence-electron chi connectivity index (χ2n) is 6.24. The molecule has 3 nitrogen and oxygen atoms in total. The number of carbonyl (C=O) groups excluding carboxylic acids is 1. The number of hydrogen-bond acceptors (Lipinski definition) is 3. The molecule has 5 heteroatoms. The number of halogens is 2. The molecule has 3 aromatic rings. The van der Waals surface area contributed by atoms with E-state index in [0.717, 1.165) is 9.86 Å². The van der Waals surface area contributed by atoms with Crippen LogP contribution in [0.15, 0.2) is 60.6 Å². The number of carbonyl (C=O) groups is 1. The van der Waals surface area contributed by atoms with Crippen LogP contribution < -0.4 is 5.63 Å². The zero-order valence-electron chi connectivity index (χ0n) is 13.8. The van der Waals surface area contributed by atoms with Crippen LogP contribution in [0.3, 0.4) is 0 Å². The maximum absolute atomic E-state index is 12.5. The largest absolute Gasteiger partial charge is 0.421 e. The van der Waals surface area contributed by atoms with Crippen molar-refractivity contribution in [2.75, 3.05) is 0 Å². The van der Waals surface area contributed by atoms with E-state index in [9.17, 15) is 9.59 Å². The first kappa shape index (κ1) is 18.1. The van der Waals surface area contributed by atoms with Crippen molar-refractivity contribution in [3.63, 3.8) is 0 Å². The van der Waals surface area contributed by atoms with E-state index in [0.29, 0.717) is 27.1 Å². The van der Waals surface area contributed by atoms with Gasteiger partial charge in [-0.2, -0.15) is 0 Å². The normalized spacial score (nSPS) is 11.2. The lowest BCUT2D eigenvalue weighted by atomic mass is 9.98. The molecule has 0 atom stereocenters. The first-order valence-corrected chi connectivity index (χ1v) is 9.48. The van der Waals surface area contributed by atoms with Gasteiger partial charge in [-0.1, -0.05) is 54.0 Å². The Kier molecular flexibility index (Phi) is 5.25. The number of ketones is 1. The van der Waals surface area contributed by atoms with Gasteiger partial charge in [0.25, 0.3) is 0 Å². The highest BCUT2D eigenvalue weighted by atomic mass is 79.9. The van der Waals surface area contributed by atoms with Gasteiger partial charge in [0.05, 0.1) is 4.47 Å². The summed E-state index contributed by atoms with van der Waals surface area (Å²) in [4.78, 5) is 24.7. The Labute approximate surface area is 162 Å². The average Bonchev–Trinajstić information content (AvgIpc) is 2.56. The maximum atomic E-state index is 12.5. The number of fused-ring (bicyclic) bond motifs is 1. The summed E-state index contributed by atoms with van der Waals surface area (Å²) in [6, 6.07) is 12.9. The maximum Gasteiger partial charge on any atom is 0.339 e. The molecule has 0 aliphatic carbocycles. The van der Waals surface area contributed by atoms with Crippen molar-refractivity contribution in [1.29, 1.82) is 0 Å². The highest BCUT2D eigenvalue weighted by Gasteiger charge is 2.14. The van der Waals surface area contributed by atoms with Gasteiger partial charge < -0.3 is 4.42 Å². The smallest absolute Gasteiger partial charge is 0.339 e. The first-order valence-electron chi connectivity index (χ1n) is 7.90. The van der Waals surface area contributed by atoms with E-state index in [1.807, 2.05) is 36.4 Å². The summed E-state index contributed by atoms with van der Waals surface area (Å²) in [6.45, 7) is 4.21. The van der Waals surface area contributed by atoms with E-state index >= 15 is 0 Å². The Morgan fingerprint density at radius 3 is 2.40 bits per heavy atom. The van der Waals surface area contributed by atoms with E-state index < -0.39 is 5.63 Å². The van der Waals surface area contributed by atoms with Crippen LogP contribution in [0.2, 0.25) is 0 Å². The zero-order chi connectivity index (χ0) is 18.1. The van der Waals surface area contributed by atoms with Crippen molar-refractivity contribution in [2.45, 2.75) is 26.2 Å². The monoisotopic (exact) mass is 462 g/mol. The molecule has 0 N–H and O–H groups in total. The summed E-state index contributed by atoms with van der Waals surface area (Å²) >= 11 is 6.80. The minimum Gasteiger partial charge on any atom is -0.421 e. The number of benzene rings is 2. The van der Waals surface area contributed by atoms with E-state index in [1.165, 1.54) is 5.56 Å². The lowest BCUT2D eigenvalue weighted by molar-refractivity contribution is 0.0992. The molecule has 0 saturated heterocycles. The van der Waals surface area contributed by atoms with Crippen LogP contribution in [0.25, 0.3) is 11.0 Å². The summed E-state index contributed by atoms with van der Waals surface area (Å²) in [7, 11) is 0. The molecule has 1 heterocycles. The molecule has 0 bridgehead atoms. The van der Waals surface area contributed by atoms with Crippen molar-refractivity contribution < 1.29 is 9.21 Å². The Hall–Kier alpha value is -1.72. The van der Waals surface area contributed by atoms with Crippen molar-refractivity contribution in [3.05, 3.63) is 78.5 Å². The molecule has 3 rings (SSSR count). The fourth-order valence-electron chi connectivity index (χ4n) is 2.65. The fraction of sp³-hybridized carbons (Fsp3) is 0.200. The van der Waals surface area contributed by atoms with Gasteiger partial charge >= 0.3 is 5.63 Å². The van der Waals surface area contributed by atoms with Crippen LogP contribution in [-0.2, 0) is 6.42 Å². The van der Waals surface area contributed by atoms with Gasteiger partial charge in [-0.3, -0.25) is 4.79 Å². The molecule has 0 fully saturated rings. The molecule has 0 aliphatic heterocycles.